The number of pyridine rings is 1. The van der Waals surface area contributed by atoms with Gasteiger partial charge in [0.1, 0.15) is 0 Å². The Kier molecular flexibility index (Phi) is 3.74. The van der Waals surface area contributed by atoms with Crippen LogP contribution in [0.15, 0.2) is 39.6 Å². The van der Waals surface area contributed by atoms with Gasteiger partial charge < -0.3 is 14.4 Å². The third kappa shape index (κ3) is 2.97. The quantitative estimate of drug-likeness (QED) is 0.766. The van der Waals surface area contributed by atoms with Gasteiger partial charge in [0, 0.05) is 36.5 Å². The van der Waals surface area contributed by atoms with Gasteiger partial charge in [-0.25, -0.2) is 0 Å². The minimum Gasteiger partial charge on any atom is -0.355 e. The van der Waals surface area contributed by atoms with Crippen LogP contribution in [0.25, 0.3) is 22.9 Å². The summed E-state index contributed by atoms with van der Waals surface area (Å²) in [7, 11) is 1.89. The number of likely N-dealkylation sites (N-methyl/N-ethyl adjacent to an activating group) is 1. The van der Waals surface area contributed by atoms with E-state index in [4.69, 9.17) is 9.05 Å². The number of aromatic nitrogens is 4. The van der Waals surface area contributed by atoms with Gasteiger partial charge in [-0.3, -0.25) is 4.98 Å². The fourth-order valence-electron chi connectivity index (χ4n) is 1.84. The summed E-state index contributed by atoms with van der Waals surface area (Å²) in [6, 6.07) is 5.77. The van der Waals surface area contributed by atoms with Crippen molar-refractivity contribution < 1.29 is 9.05 Å². The average molecular weight is 285 g/mol. The second kappa shape index (κ2) is 5.84. The standard InChI is InChI=1S/C14H15N5O2/c1-9(15-2)6-13-17-14(21-19-13)11-7-12(20-18-11)10-4-3-5-16-8-10/h3-5,7-9,15H,6H2,1-2H3. The van der Waals surface area contributed by atoms with Crippen molar-refractivity contribution in [1.29, 1.82) is 0 Å². The van der Waals surface area contributed by atoms with Crippen LogP contribution in [0.1, 0.15) is 12.7 Å². The van der Waals surface area contributed by atoms with Crippen molar-refractivity contribution in [3.63, 3.8) is 0 Å². The summed E-state index contributed by atoms with van der Waals surface area (Å²) in [4.78, 5) is 8.36. The van der Waals surface area contributed by atoms with Crippen molar-refractivity contribution in [2.45, 2.75) is 19.4 Å². The summed E-state index contributed by atoms with van der Waals surface area (Å²) in [5, 5.41) is 11.0. The molecule has 0 saturated heterocycles. The molecule has 0 spiro atoms. The van der Waals surface area contributed by atoms with E-state index in [9.17, 15) is 0 Å². The molecule has 1 unspecified atom stereocenters. The highest BCUT2D eigenvalue weighted by atomic mass is 16.5. The van der Waals surface area contributed by atoms with Crippen LogP contribution >= 0.6 is 0 Å². The molecule has 7 nitrogen and oxygen atoms in total. The van der Waals surface area contributed by atoms with Crippen LogP contribution in [-0.2, 0) is 6.42 Å². The molecule has 21 heavy (non-hydrogen) atoms. The first kappa shape index (κ1) is 13.4. The molecule has 3 aromatic heterocycles. The Balaban J connectivity index is 1.80. The average Bonchev–Trinajstić information content (AvgIpc) is 3.17. The zero-order valence-corrected chi connectivity index (χ0v) is 11.8. The van der Waals surface area contributed by atoms with Gasteiger partial charge in [-0.2, -0.15) is 4.98 Å². The maximum atomic E-state index is 5.29. The van der Waals surface area contributed by atoms with Crippen LogP contribution in [0.4, 0.5) is 0 Å². The molecule has 3 heterocycles. The van der Waals surface area contributed by atoms with Crippen molar-refractivity contribution in [3.05, 3.63) is 36.4 Å². The molecule has 0 saturated carbocycles. The van der Waals surface area contributed by atoms with Gasteiger partial charge in [-0.15, -0.1) is 0 Å². The largest absolute Gasteiger partial charge is 0.355 e. The fourth-order valence-corrected chi connectivity index (χ4v) is 1.84. The van der Waals surface area contributed by atoms with Gasteiger partial charge in [0.25, 0.3) is 5.89 Å². The predicted octanol–water partition coefficient (Wildman–Crippen LogP) is 1.94. The smallest absolute Gasteiger partial charge is 0.280 e. The molecule has 0 radical (unpaired) electrons. The van der Waals surface area contributed by atoms with Crippen molar-refractivity contribution in [1.82, 2.24) is 25.6 Å². The topological polar surface area (TPSA) is 89.9 Å². The lowest BCUT2D eigenvalue weighted by atomic mass is 10.2. The molecule has 108 valence electrons. The predicted molar refractivity (Wildman–Crippen MR) is 75.3 cm³/mol. The third-order valence-corrected chi connectivity index (χ3v) is 3.12. The number of hydrogen-bond donors (Lipinski definition) is 1. The molecule has 0 aromatic carbocycles. The van der Waals surface area contributed by atoms with Gasteiger partial charge >= 0.3 is 0 Å². The lowest BCUT2D eigenvalue weighted by Gasteiger charge is -2.04. The van der Waals surface area contributed by atoms with E-state index in [0.29, 0.717) is 29.6 Å². The van der Waals surface area contributed by atoms with E-state index < -0.39 is 0 Å². The molecule has 7 heteroatoms. The number of hydrogen-bond acceptors (Lipinski definition) is 7. The third-order valence-electron chi connectivity index (χ3n) is 3.12. The van der Waals surface area contributed by atoms with E-state index in [-0.39, 0.29) is 6.04 Å². The van der Waals surface area contributed by atoms with Crippen LogP contribution < -0.4 is 5.32 Å². The lowest BCUT2D eigenvalue weighted by Crippen LogP contribution is -2.24. The molecular formula is C14H15N5O2. The molecule has 1 N–H and O–H groups in total. The van der Waals surface area contributed by atoms with Crippen LogP contribution in [0.5, 0.6) is 0 Å². The maximum Gasteiger partial charge on any atom is 0.280 e. The number of rotatable bonds is 5. The summed E-state index contributed by atoms with van der Waals surface area (Å²) >= 11 is 0. The molecular weight excluding hydrogens is 270 g/mol. The first-order chi connectivity index (χ1) is 10.3. The van der Waals surface area contributed by atoms with Crippen LogP contribution in [-0.4, -0.2) is 33.4 Å². The first-order valence-corrected chi connectivity index (χ1v) is 6.63. The summed E-state index contributed by atoms with van der Waals surface area (Å²) < 4.78 is 10.5. The van der Waals surface area contributed by atoms with E-state index in [1.165, 1.54) is 0 Å². The molecule has 3 rings (SSSR count). The summed E-state index contributed by atoms with van der Waals surface area (Å²) in [6.45, 7) is 2.05. The SMILES string of the molecule is CNC(C)Cc1noc(-c2cc(-c3cccnc3)on2)n1. The minimum atomic E-state index is 0.277. The van der Waals surface area contributed by atoms with Crippen molar-refractivity contribution >= 4 is 0 Å². The molecule has 0 aliphatic carbocycles. The molecule has 1 atom stereocenters. The van der Waals surface area contributed by atoms with E-state index in [1.807, 2.05) is 26.1 Å². The van der Waals surface area contributed by atoms with Crippen molar-refractivity contribution in [3.8, 4) is 22.9 Å². The van der Waals surface area contributed by atoms with E-state index in [1.54, 1.807) is 18.5 Å². The highest BCUT2D eigenvalue weighted by Gasteiger charge is 2.16. The summed E-state index contributed by atoms with van der Waals surface area (Å²) in [6.07, 6.45) is 4.10. The van der Waals surface area contributed by atoms with E-state index in [0.717, 1.165) is 5.56 Å². The van der Waals surface area contributed by atoms with Gasteiger partial charge in [-0.05, 0) is 26.1 Å². The molecule has 0 fully saturated rings. The highest BCUT2D eigenvalue weighted by Crippen LogP contribution is 2.24. The van der Waals surface area contributed by atoms with Gasteiger partial charge in [0.15, 0.2) is 17.3 Å². The monoisotopic (exact) mass is 285 g/mol. The van der Waals surface area contributed by atoms with Crippen LogP contribution in [0, 0.1) is 0 Å². The Bertz CT molecular complexity index is 707. The van der Waals surface area contributed by atoms with Crippen molar-refractivity contribution in [2.24, 2.45) is 0 Å². The first-order valence-electron chi connectivity index (χ1n) is 6.63. The van der Waals surface area contributed by atoms with Crippen LogP contribution in [0.2, 0.25) is 0 Å². The Labute approximate surface area is 121 Å². The lowest BCUT2D eigenvalue weighted by molar-refractivity contribution is 0.404. The highest BCUT2D eigenvalue weighted by molar-refractivity contribution is 5.61. The summed E-state index contributed by atoms with van der Waals surface area (Å²) in [5.74, 6) is 1.60. The second-order valence-corrected chi connectivity index (χ2v) is 4.73. The fraction of sp³-hybridized carbons (Fsp3) is 0.286. The normalized spacial score (nSPS) is 12.5. The molecule has 0 aliphatic heterocycles. The zero-order chi connectivity index (χ0) is 14.7. The van der Waals surface area contributed by atoms with E-state index in [2.05, 4.69) is 25.6 Å². The zero-order valence-electron chi connectivity index (χ0n) is 11.8. The van der Waals surface area contributed by atoms with Gasteiger partial charge in [-0.1, -0.05) is 10.3 Å². The van der Waals surface area contributed by atoms with Gasteiger partial charge in [0.2, 0.25) is 0 Å². The maximum absolute atomic E-state index is 5.29. The minimum absolute atomic E-state index is 0.277. The van der Waals surface area contributed by atoms with Crippen molar-refractivity contribution in [2.75, 3.05) is 7.05 Å². The molecule has 3 aromatic rings. The Morgan fingerprint density at radius 2 is 2.19 bits per heavy atom. The van der Waals surface area contributed by atoms with Gasteiger partial charge in [0.05, 0.1) is 0 Å². The molecule has 0 aliphatic rings. The number of nitrogens with zero attached hydrogens (tertiary/aromatic N) is 4. The number of nitrogens with one attached hydrogen (secondary N) is 1. The summed E-state index contributed by atoms with van der Waals surface area (Å²) in [5.41, 5.74) is 1.37. The Morgan fingerprint density at radius 3 is 2.95 bits per heavy atom. The Hall–Kier alpha value is -2.54. The Morgan fingerprint density at radius 1 is 1.29 bits per heavy atom. The molecule has 0 bridgehead atoms. The molecule has 0 amide bonds. The van der Waals surface area contributed by atoms with Crippen LogP contribution in [0.3, 0.4) is 0 Å². The second-order valence-electron chi connectivity index (χ2n) is 4.73. The van der Waals surface area contributed by atoms with E-state index >= 15 is 0 Å².